The number of carbonyl (C=O) groups excluding carboxylic acids is 1. The molecule has 0 radical (unpaired) electrons. The van der Waals surface area contributed by atoms with Crippen LogP contribution in [-0.2, 0) is 4.79 Å². The second-order valence-corrected chi connectivity index (χ2v) is 9.42. The molecule has 0 spiro atoms. The maximum atomic E-state index is 12.6. The number of pyridine rings is 1. The first-order valence-corrected chi connectivity index (χ1v) is 12.0. The molecule has 0 unspecified atom stereocenters. The average molecular weight is 464 g/mol. The molecule has 0 bridgehead atoms. The second-order valence-electron chi connectivity index (χ2n) is 7.45. The summed E-state index contributed by atoms with van der Waals surface area (Å²) in [5.74, 6) is 0.875. The molecule has 32 heavy (non-hydrogen) atoms. The molecule has 0 aliphatic rings. The van der Waals surface area contributed by atoms with Gasteiger partial charge in [0.15, 0.2) is 15.9 Å². The van der Waals surface area contributed by atoms with E-state index < -0.39 is 0 Å². The zero-order valence-corrected chi connectivity index (χ0v) is 19.5. The van der Waals surface area contributed by atoms with Gasteiger partial charge < -0.3 is 10.1 Å². The lowest BCUT2D eigenvalue weighted by Gasteiger charge is -2.07. The zero-order valence-electron chi connectivity index (χ0n) is 17.9. The normalized spacial score (nSPS) is 11.5. The molecule has 0 atom stereocenters. The molecule has 2 aromatic carbocycles. The number of aromatic nitrogens is 4. The number of carbonyl (C=O) groups is 1. The van der Waals surface area contributed by atoms with Gasteiger partial charge in [-0.15, -0.1) is 10.2 Å². The van der Waals surface area contributed by atoms with E-state index in [1.807, 2.05) is 36.4 Å². The largest absolute Gasteiger partial charge is 0.494 e. The van der Waals surface area contributed by atoms with Crippen molar-refractivity contribution in [2.24, 2.45) is 0 Å². The smallest absolute Gasteiger partial charge is 0.236 e. The summed E-state index contributed by atoms with van der Waals surface area (Å²) >= 11 is 2.79. The number of amides is 1. The first kappa shape index (κ1) is 20.7. The van der Waals surface area contributed by atoms with E-state index in [-0.39, 0.29) is 11.7 Å². The van der Waals surface area contributed by atoms with E-state index >= 15 is 0 Å². The van der Waals surface area contributed by atoms with E-state index in [0.717, 1.165) is 38.1 Å². The SMILES string of the molecule is CCOc1ccc2nc(NC(=O)CSc3nnc4c(C)cc5cc(C)ccc5n34)sc2c1. The van der Waals surface area contributed by atoms with Gasteiger partial charge in [-0.1, -0.05) is 34.7 Å². The minimum absolute atomic E-state index is 0.136. The fourth-order valence-electron chi connectivity index (χ4n) is 3.63. The second kappa shape index (κ2) is 8.40. The Labute approximate surface area is 192 Å². The fraction of sp³-hybridized carbons (Fsp3) is 0.217. The molecule has 3 heterocycles. The Morgan fingerprint density at radius 3 is 2.88 bits per heavy atom. The summed E-state index contributed by atoms with van der Waals surface area (Å²) in [7, 11) is 0. The van der Waals surface area contributed by atoms with Crippen molar-refractivity contribution in [1.82, 2.24) is 19.6 Å². The molecule has 0 fully saturated rings. The zero-order chi connectivity index (χ0) is 22.2. The summed E-state index contributed by atoms with van der Waals surface area (Å²) in [6.45, 7) is 6.66. The average Bonchev–Trinajstić information content (AvgIpc) is 3.36. The number of benzene rings is 2. The van der Waals surface area contributed by atoms with E-state index in [2.05, 4.69) is 51.7 Å². The van der Waals surface area contributed by atoms with Crippen molar-refractivity contribution in [3.63, 3.8) is 0 Å². The number of nitrogens with one attached hydrogen (secondary N) is 1. The Kier molecular flexibility index (Phi) is 5.44. The van der Waals surface area contributed by atoms with Gasteiger partial charge in [-0.25, -0.2) is 4.98 Å². The van der Waals surface area contributed by atoms with Crippen molar-refractivity contribution in [2.45, 2.75) is 25.9 Å². The number of aryl methyl sites for hydroxylation is 2. The van der Waals surface area contributed by atoms with Crippen molar-refractivity contribution < 1.29 is 9.53 Å². The summed E-state index contributed by atoms with van der Waals surface area (Å²) in [5, 5.41) is 14.0. The monoisotopic (exact) mass is 463 g/mol. The van der Waals surface area contributed by atoms with Crippen LogP contribution < -0.4 is 10.1 Å². The van der Waals surface area contributed by atoms with Crippen molar-refractivity contribution >= 4 is 60.9 Å². The fourth-order valence-corrected chi connectivity index (χ4v) is 5.28. The highest BCUT2D eigenvalue weighted by atomic mass is 32.2. The van der Waals surface area contributed by atoms with E-state index in [0.29, 0.717) is 16.9 Å². The van der Waals surface area contributed by atoms with Crippen LogP contribution in [0, 0.1) is 13.8 Å². The number of hydrogen-bond acceptors (Lipinski definition) is 7. The third kappa shape index (κ3) is 3.89. The topological polar surface area (TPSA) is 81.4 Å². The third-order valence-corrected chi connectivity index (χ3v) is 6.89. The molecule has 5 aromatic rings. The summed E-state index contributed by atoms with van der Waals surface area (Å²) < 4.78 is 8.53. The van der Waals surface area contributed by atoms with Crippen LogP contribution in [-0.4, -0.2) is 37.8 Å². The molecular weight excluding hydrogens is 442 g/mol. The van der Waals surface area contributed by atoms with Gasteiger partial charge >= 0.3 is 0 Å². The minimum Gasteiger partial charge on any atom is -0.494 e. The number of ether oxygens (including phenoxy) is 1. The van der Waals surface area contributed by atoms with Gasteiger partial charge in [-0.05, 0) is 68.1 Å². The third-order valence-electron chi connectivity index (χ3n) is 5.03. The van der Waals surface area contributed by atoms with Crippen LogP contribution in [0.4, 0.5) is 5.13 Å². The van der Waals surface area contributed by atoms with E-state index in [1.54, 1.807) is 0 Å². The molecule has 9 heteroatoms. The molecule has 0 saturated heterocycles. The number of thioether (sulfide) groups is 1. The standard InChI is InChI=1S/C23H21N5O2S2/c1-4-30-16-6-7-17-19(11-16)32-22(24-17)25-20(29)12-31-23-27-26-21-14(3)10-15-9-13(2)5-8-18(15)28(21)23/h5-11H,4,12H2,1-3H3,(H,24,25,29). The van der Waals surface area contributed by atoms with Crippen LogP contribution in [0.2, 0.25) is 0 Å². The molecule has 162 valence electrons. The number of nitrogens with zero attached hydrogens (tertiary/aromatic N) is 4. The van der Waals surface area contributed by atoms with E-state index in [9.17, 15) is 4.79 Å². The number of rotatable bonds is 6. The molecule has 5 rings (SSSR count). The van der Waals surface area contributed by atoms with Gasteiger partial charge in [0, 0.05) is 0 Å². The number of thiazole rings is 1. The van der Waals surface area contributed by atoms with Crippen molar-refractivity contribution in [3.8, 4) is 5.75 Å². The van der Waals surface area contributed by atoms with Crippen LogP contribution in [0.5, 0.6) is 5.75 Å². The lowest BCUT2D eigenvalue weighted by atomic mass is 10.1. The summed E-state index contributed by atoms with van der Waals surface area (Å²) in [5.41, 5.74) is 4.91. The molecule has 3 aromatic heterocycles. The highest BCUT2D eigenvalue weighted by Crippen LogP contribution is 2.30. The number of hydrogen-bond donors (Lipinski definition) is 1. The summed E-state index contributed by atoms with van der Waals surface area (Å²) in [6, 6.07) is 14.1. The maximum Gasteiger partial charge on any atom is 0.236 e. The van der Waals surface area contributed by atoms with Gasteiger partial charge in [0.25, 0.3) is 0 Å². The Morgan fingerprint density at radius 2 is 2.03 bits per heavy atom. The molecular formula is C23H21N5O2S2. The lowest BCUT2D eigenvalue weighted by molar-refractivity contribution is -0.113. The first-order chi connectivity index (χ1) is 15.5. The summed E-state index contributed by atoms with van der Waals surface area (Å²) in [6.07, 6.45) is 0. The van der Waals surface area contributed by atoms with Gasteiger partial charge in [0.05, 0.1) is 28.1 Å². The maximum absolute atomic E-state index is 12.6. The predicted molar refractivity (Wildman–Crippen MR) is 130 cm³/mol. The molecule has 0 saturated carbocycles. The van der Waals surface area contributed by atoms with Crippen molar-refractivity contribution in [1.29, 1.82) is 0 Å². The van der Waals surface area contributed by atoms with Gasteiger partial charge in [0.1, 0.15) is 5.75 Å². The van der Waals surface area contributed by atoms with Gasteiger partial charge in [0.2, 0.25) is 5.91 Å². The highest BCUT2D eigenvalue weighted by molar-refractivity contribution is 7.99. The molecule has 1 N–H and O–H groups in total. The molecule has 0 aliphatic carbocycles. The number of fused-ring (bicyclic) bond motifs is 4. The number of anilines is 1. The quantitative estimate of drug-likeness (QED) is 0.347. The van der Waals surface area contributed by atoms with Crippen molar-refractivity contribution in [3.05, 3.63) is 53.6 Å². The first-order valence-electron chi connectivity index (χ1n) is 10.2. The van der Waals surface area contributed by atoms with Gasteiger partial charge in [-0.3, -0.25) is 9.20 Å². The Bertz CT molecular complexity index is 1470. The van der Waals surface area contributed by atoms with E-state index in [1.165, 1.54) is 28.7 Å². The Morgan fingerprint density at radius 1 is 1.16 bits per heavy atom. The summed E-state index contributed by atoms with van der Waals surface area (Å²) in [4.78, 5) is 17.1. The minimum atomic E-state index is -0.136. The molecule has 7 nitrogen and oxygen atoms in total. The Balaban J connectivity index is 1.35. The lowest BCUT2D eigenvalue weighted by Crippen LogP contribution is -2.14. The van der Waals surface area contributed by atoms with E-state index in [4.69, 9.17) is 4.74 Å². The van der Waals surface area contributed by atoms with Crippen LogP contribution in [0.3, 0.4) is 0 Å². The van der Waals surface area contributed by atoms with Crippen LogP contribution in [0.25, 0.3) is 26.8 Å². The van der Waals surface area contributed by atoms with Gasteiger partial charge in [-0.2, -0.15) is 0 Å². The van der Waals surface area contributed by atoms with Crippen LogP contribution in [0.15, 0.2) is 47.6 Å². The highest BCUT2D eigenvalue weighted by Gasteiger charge is 2.15. The van der Waals surface area contributed by atoms with Crippen LogP contribution >= 0.6 is 23.1 Å². The molecule has 0 aliphatic heterocycles. The predicted octanol–water partition coefficient (Wildman–Crippen LogP) is 5.24. The van der Waals surface area contributed by atoms with Crippen molar-refractivity contribution in [2.75, 3.05) is 17.7 Å². The Hall–Kier alpha value is -3.17. The molecule has 1 amide bonds. The van der Waals surface area contributed by atoms with Crippen LogP contribution in [0.1, 0.15) is 18.1 Å².